The lowest BCUT2D eigenvalue weighted by atomic mass is 10.1. The lowest BCUT2D eigenvalue weighted by Gasteiger charge is -2.35. The number of aromatic nitrogens is 1. The Labute approximate surface area is 254 Å². The Hall–Kier alpha value is -3.68. The maximum Gasteiger partial charge on any atom is 0.255 e. The molecule has 2 amide bonds. The maximum atomic E-state index is 15.0. The van der Waals surface area contributed by atoms with Crippen LogP contribution in [-0.4, -0.2) is 59.5 Å². The minimum Gasteiger partial charge on any atom is -0.497 e. The summed E-state index contributed by atoms with van der Waals surface area (Å²) in [7, 11) is 1.58. The molecule has 1 fully saturated rings. The van der Waals surface area contributed by atoms with E-state index >= 15 is 4.39 Å². The average Bonchev–Trinajstić information content (AvgIpc) is 3.36. The van der Waals surface area contributed by atoms with Crippen molar-refractivity contribution in [1.29, 1.82) is 0 Å². The largest absolute Gasteiger partial charge is 0.497 e. The molecule has 0 radical (unpaired) electrons. The number of piperazine rings is 1. The number of rotatable bonds is 14. The van der Waals surface area contributed by atoms with Gasteiger partial charge >= 0.3 is 0 Å². The smallest absolute Gasteiger partial charge is 0.255 e. The molecule has 1 aliphatic heterocycles. The van der Waals surface area contributed by atoms with E-state index in [1.165, 1.54) is 57.1 Å². The molecule has 0 bridgehead atoms. The van der Waals surface area contributed by atoms with Gasteiger partial charge in [-0.25, -0.2) is 8.78 Å². The number of carbonyl (C=O) groups excluding carboxylic acids is 2. The summed E-state index contributed by atoms with van der Waals surface area (Å²) in [6.45, 7) is 5.88. The third-order valence-corrected chi connectivity index (χ3v) is 8.43. The van der Waals surface area contributed by atoms with E-state index in [2.05, 4.69) is 6.92 Å². The number of ether oxygens (including phenoxy) is 1. The molecule has 8 heteroatoms. The Bertz CT molecular complexity index is 1360. The number of hydrogen-bond donors (Lipinski definition) is 0. The van der Waals surface area contributed by atoms with Crippen LogP contribution in [-0.2, 0) is 4.79 Å². The van der Waals surface area contributed by atoms with Crippen LogP contribution >= 0.6 is 0 Å². The van der Waals surface area contributed by atoms with Crippen LogP contribution in [0.3, 0.4) is 0 Å². The fraction of sp³-hybridized carbons (Fsp3) is 0.486. The Kier molecular flexibility index (Phi) is 11.8. The van der Waals surface area contributed by atoms with Gasteiger partial charge in [0.05, 0.1) is 24.1 Å². The summed E-state index contributed by atoms with van der Waals surface area (Å²) in [5.74, 6) is -0.719. The van der Waals surface area contributed by atoms with Crippen LogP contribution in [0.5, 0.6) is 5.75 Å². The van der Waals surface area contributed by atoms with E-state index in [0.717, 1.165) is 24.5 Å². The number of methoxy groups -OCH3 is 1. The fourth-order valence-electron chi connectivity index (χ4n) is 5.84. The van der Waals surface area contributed by atoms with Crippen LogP contribution in [0.25, 0.3) is 16.9 Å². The van der Waals surface area contributed by atoms with Crippen LogP contribution in [0, 0.1) is 18.6 Å². The molecule has 0 saturated carbocycles. The predicted octanol–water partition coefficient (Wildman–Crippen LogP) is 7.94. The first-order valence-corrected chi connectivity index (χ1v) is 15.7. The Morgan fingerprint density at radius 2 is 1.40 bits per heavy atom. The molecule has 0 atom stereocenters. The summed E-state index contributed by atoms with van der Waals surface area (Å²) in [6.07, 6.45) is 11.5. The molecule has 43 heavy (non-hydrogen) atoms. The van der Waals surface area contributed by atoms with Crippen molar-refractivity contribution >= 4 is 11.8 Å². The third kappa shape index (κ3) is 8.24. The molecule has 0 spiro atoms. The molecule has 1 aliphatic rings. The Morgan fingerprint density at radius 1 is 0.791 bits per heavy atom. The van der Waals surface area contributed by atoms with Crippen LogP contribution in [0.15, 0.2) is 48.5 Å². The lowest BCUT2D eigenvalue weighted by Crippen LogP contribution is -2.50. The summed E-state index contributed by atoms with van der Waals surface area (Å²) >= 11 is 0. The molecule has 3 aromatic rings. The Morgan fingerprint density at radius 3 is 2.00 bits per heavy atom. The molecular weight excluding hydrogens is 548 g/mol. The molecule has 0 N–H and O–H groups in total. The van der Waals surface area contributed by atoms with Crippen molar-refractivity contribution in [3.8, 4) is 22.7 Å². The first kappa shape index (κ1) is 32.2. The van der Waals surface area contributed by atoms with E-state index in [1.807, 2.05) is 17.0 Å². The second-order valence-electron chi connectivity index (χ2n) is 11.4. The van der Waals surface area contributed by atoms with Gasteiger partial charge in [-0.15, -0.1) is 0 Å². The van der Waals surface area contributed by atoms with Gasteiger partial charge in [0.2, 0.25) is 5.91 Å². The summed E-state index contributed by atoms with van der Waals surface area (Å²) in [4.78, 5) is 30.2. The highest BCUT2D eigenvalue weighted by atomic mass is 19.1. The predicted molar refractivity (Wildman–Crippen MR) is 167 cm³/mol. The van der Waals surface area contributed by atoms with Crippen LogP contribution in [0.1, 0.15) is 87.2 Å². The summed E-state index contributed by atoms with van der Waals surface area (Å²) in [6, 6.07) is 12.5. The minimum atomic E-state index is -0.716. The highest BCUT2D eigenvalue weighted by molar-refractivity contribution is 5.97. The van der Waals surface area contributed by atoms with Gasteiger partial charge in [-0.05, 0) is 61.4 Å². The first-order chi connectivity index (χ1) is 20.8. The second kappa shape index (κ2) is 15.7. The van der Waals surface area contributed by atoms with Crippen molar-refractivity contribution in [2.24, 2.45) is 0 Å². The molecule has 6 nitrogen and oxygen atoms in total. The zero-order valence-corrected chi connectivity index (χ0v) is 25.8. The number of benzene rings is 2. The maximum absolute atomic E-state index is 15.0. The Balaban J connectivity index is 1.39. The average molecular weight is 594 g/mol. The topological polar surface area (TPSA) is 54.8 Å². The summed E-state index contributed by atoms with van der Waals surface area (Å²) < 4.78 is 35.7. The minimum absolute atomic E-state index is 0.158. The zero-order chi connectivity index (χ0) is 30.8. The zero-order valence-electron chi connectivity index (χ0n) is 25.8. The normalized spacial score (nSPS) is 13.4. The van der Waals surface area contributed by atoms with Crippen LogP contribution in [0.4, 0.5) is 8.78 Å². The van der Waals surface area contributed by atoms with Gasteiger partial charge in [-0.2, -0.15) is 0 Å². The van der Waals surface area contributed by atoms with Gasteiger partial charge < -0.3 is 19.1 Å². The van der Waals surface area contributed by atoms with Gasteiger partial charge in [-0.3, -0.25) is 9.59 Å². The monoisotopic (exact) mass is 593 g/mol. The highest BCUT2D eigenvalue weighted by Gasteiger charge is 2.28. The van der Waals surface area contributed by atoms with Crippen LogP contribution < -0.4 is 4.74 Å². The molecule has 0 aliphatic carbocycles. The first-order valence-electron chi connectivity index (χ1n) is 15.7. The van der Waals surface area contributed by atoms with Crippen molar-refractivity contribution in [2.45, 2.75) is 78.1 Å². The molecule has 4 rings (SSSR count). The van der Waals surface area contributed by atoms with E-state index in [-0.39, 0.29) is 17.5 Å². The van der Waals surface area contributed by atoms with Gasteiger partial charge in [-0.1, -0.05) is 58.3 Å². The molecular formula is C35H45F2N3O3. The van der Waals surface area contributed by atoms with Gasteiger partial charge in [0.1, 0.15) is 17.4 Å². The summed E-state index contributed by atoms with van der Waals surface area (Å²) in [5, 5.41) is 0. The number of unbranched alkanes of at least 4 members (excludes halogenated alkanes) is 8. The van der Waals surface area contributed by atoms with Crippen molar-refractivity contribution in [3.05, 3.63) is 71.4 Å². The molecule has 2 aromatic carbocycles. The molecule has 232 valence electrons. The third-order valence-electron chi connectivity index (χ3n) is 8.43. The summed E-state index contributed by atoms with van der Waals surface area (Å²) in [5.41, 5.74) is 2.55. The molecule has 1 aromatic heterocycles. The quantitative estimate of drug-likeness (QED) is 0.178. The highest BCUT2D eigenvalue weighted by Crippen LogP contribution is 2.32. The molecule has 0 unspecified atom stereocenters. The molecule has 2 heterocycles. The van der Waals surface area contributed by atoms with E-state index in [4.69, 9.17) is 4.74 Å². The van der Waals surface area contributed by atoms with Crippen LogP contribution in [0.2, 0.25) is 0 Å². The fourth-order valence-corrected chi connectivity index (χ4v) is 5.84. The van der Waals surface area contributed by atoms with E-state index < -0.39 is 11.6 Å². The standard InChI is InChI=1S/C35H45F2N3O3/c1-4-5-6-7-8-9-10-11-12-13-34(41)38-20-22-39(23-21-38)35(42)30-25-33(27-14-17-29(43-3)18-15-27)40(26(30)2)32-19-16-28(36)24-31(32)37/h14-19,24-25H,4-13,20-23H2,1-3H3. The number of hydrogen-bond acceptors (Lipinski definition) is 3. The van der Waals surface area contributed by atoms with Gasteiger partial charge in [0.25, 0.3) is 5.91 Å². The number of amides is 2. The van der Waals surface area contributed by atoms with Crippen molar-refractivity contribution in [1.82, 2.24) is 14.4 Å². The van der Waals surface area contributed by atoms with Gasteiger partial charge in [0.15, 0.2) is 0 Å². The van der Waals surface area contributed by atoms with E-state index in [0.29, 0.717) is 55.3 Å². The molecule has 1 saturated heterocycles. The number of halogens is 2. The van der Waals surface area contributed by atoms with Crippen molar-refractivity contribution in [3.63, 3.8) is 0 Å². The SMILES string of the molecule is CCCCCCCCCCCC(=O)N1CCN(C(=O)c2cc(-c3ccc(OC)cc3)n(-c3ccc(F)cc3F)c2C)CC1. The lowest BCUT2D eigenvalue weighted by molar-refractivity contribution is -0.132. The number of nitrogens with zero attached hydrogens (tertiary/aromatic N) is 3. The number of carbonyl (C=O) groups is 2. The van der Waals surface area contributed by atoms with Gasteiger partial charge in [0, 0.05) is 44.4 Å². The van der Waals surface area contributed by atoms with Crippen molar-refractivity contribution in [2.75, 3.05) is 33.3 Å². The van der Waals surface area contributed by atoms with E-state index in [1.54, 1.807) is 41.7 Å². The second-order valence-corrected chi connectivity index (χ2v) is 11.4. The van der Waals surface area contributed by atoms with Crippen molar-refractivity contribution < 1.29 is 23.1 Å². The van der Waals surface area contributed by atoms with E-state index in [9.17, 15) is 14.0 Å².